The lowest BCUT2D eigenvalue weighted by molar-refractivity contribution is 0.363. The Morgan fingerprint density at radius 2 is 1.16 bits per heavy atom. The molecule has 0 N–H and O–H groups in total. The summed E-state index contributed by atoms with van der Waals surface area (Å²) in [5, 5.41) is 2.64. The highest BCUT2D eigenvalue weighted by atomic mass is 35.5. The number of ether oxygens (including phenoxy) is 2. The van der Waals surface area contributed by atoms with Gasteiger partial charge in [-0.2, -0.15) is 0 Å². The van der Waals surface area contributed by atoms with Crippen LogP contribution in [0, 0.1) is 0 Å². The maximum atomic E-state index is 6.29. The van der Waals surface area contributed by atoms with Gasteiger partial charge in [-0.05, 0) is 36.4 Å². The zero-order valence-corrected chi connectivity index (χ0v) is 17.8. The molecule has 32 heavy (non-hydrogen) atoms. The zero-order valence-electron chi connectivity index (χ0n) is 17.0. The second-order valence-corrected chi connectivity index (χ2v) is 8.01. The van der Waals surface area contributed by atoms with E-state index in [1.54, 1.807) is 12.1 Å². The molecule has 1 aliphatic heterocycles. The molecule has 0 saturated heterocycles. The lowest BCUT2D eigenvalue weighted by Gasteiger charge is -2.29. The molecule has 1 aliphatic rings. The number of rotatable bonds is 3. The Balaban J connectivity index is 1.61. The average molecular weight is 436 g/mol. The van der Waals surface area contributed by atoms with E-state index in [1.165, 1.54) is 0 Å². The number of anilines is 3. The molecule has 0 amide bonds. The monoisotopic (exact) mass is 435 g/mol. The molecule has 0 bridgehead atoms. The number of hydrogen-bond donors (Lipinski definition) is 0. The van der Waals surface area contributed by atoms with Crippen LogP contribution in [0.2, 0.25) is 5.02 Å². The molecule has 0 atom stereocenters. The van der Waals surface area contributed by atoms with Gasteiger partial charge in [0.15, 0.2) is 23.0 Å². The Kier molecular flexibility index (Phi) is 4.48. The van der Waals surface area contributed by atoms with E-state index in [-0.39, 0.29) is 0 Å². The summed E-state index contributed by atoms with van der Waals surface area (Å²) in [6.07, 6.45) is 0. The van der Waals surface area contributed by atoms with Crippen molar-refractivity contribution >= 4 is 39.4 Å². The molecule has 0 aromatic heterocycles. The Hall–Kier alpha value is -3.95. The SMILES string of the molecule is Clc1ccc2c(c1)Oc1c(cc(N(c3ccccc3)c3ccccc3)c3ccccc13)O2. The van der Waals surface area contributed by atoms with Crippen LogP contribution in [0.1, 0.15) is 0 Å². The van der Waals surface area contributed by atoms with Crippen LogP contribution in [0.4, 0.5) is 17.1 Å². The topological polar surface area (TPSA) is 21.7 Å². The summed E-state index contributed by atoms with van der Waals surface area (Å²) >= 11 is 6.18. The molecule has 6 rings (SSSR count). The second-order valence-electron chi connectivity index (χ2n) is 7.57. The van der Waals surface area contributed by atoms with E-state index < -0.39 is 0 Å². The zero-order chi connectivity index (χ0) is 21.5. The van der Waals surface area contributed by atoms with Crippen LogP contribution < -0.4 is 14.4 Å². The fraction of sp³-hybridized carbons (Fsp3) is 0. The van der Waals surface area contributed by atoms with Crippen LogP contribution in [-0.2, 0) is 0 Å². The van der Waals surface area contributed by atoms with Gasteiger partial charge in [-0.3, -0.25) is 0 Å². The summed E-state index contributed by atoms with van der Waals surface area (Å²) in [6, 6.07) is 36.4. The summed E-state index contributed by atoms with van der Waals surface area (Å²) in [5.41, 5.74) is 3.14. The van der Waals surface area contributed by atoms with Gasteiger partial charge in [0.05, 0.1) is 5.69 Å². The van der Waals surface area contributed by atoms with Gasteiger partial charge in [0.25, 0.3) is 0 Å². The molecule has 0 radical (unpaired) electrons. The van der Waals surface area contributed by atoms with Crippen molar-refractivity contribution < 1.29 is 9.47 Å². The summed E-state index contributed by atoms with van der Waals surface area (Å²) in [7, 11) is 0. The number of nitrogens with zero attached hydrogens (tertiary/aromatic N) is 1. The molecular weight excluding hydrogens is 418 g/mol. The first-order valence-electron chi connectivity index (χ1n) is 10.4. The lowest BCUT2D eigenvalue weighted by Crippen LogP contribution is -2.11. The van der Waals surface area contributed by atoms with Crippen molar-refractivity contribution in [1.29, 1.82) is 0 Å². The highest BCUT2D eigenvalue weighted by Gasteiger charge is 2.25. The van der Waals surface area contributed by atoms with Gasteiger partial charge in [-0.1, -0.05) is 72.3 Å². The molecule has 154 valence electrons. The molecule has 0 fully saturated rings. The van der Waals surface area contributed by atoms with E-state index in [4.69, 9.17) is 21.1 Å². The van der Waals surface area contributed by atoms with Crippen molar-refractivity contribution in [3.63, 3.8) is 0 Å². The van der Waals surface area contributed by atoms with Gasteiger partial charge in [0.2, 0.25) is 0 Å². The molecule has 4 heteroatoms. The van der Waals surface area contributed by atoms with E-state index in [2.05, 4.69) is 47.4 Å². The second kappa shape index (κ2) is 7.63. The number of halogens is 1. The fourth-order valence-electron chi connectivity index (χ4n) is 4.13. The van der Waals surface area contributed by atoms with Crippen molar-refractivity contribution in [3.8, 4) is 23.0 Å². The van der Waals surface area contributed by atoms with Crippen LogP contribution in [0.3, 0.4) is 0 Å². The molecule has 0 aliphatic carbocycles. The van der Waals surface area contributed by atoms with Crippen LogP contribution in [0.15, 0.2) is 109 Å². The molecular formula is C28H18ClNO2. The van der Waals surface area contributed by atoms with E-state index >= 15 is 0 Å². The third kappa shape index (κ3) is 3.15. The highest BCUT2D eigenvalue weighted by Crippen LogP contribution is 2.53. The number of benzene rings is 5. The Bertz CT molecular complexity index is 1400. The summed E-state index contributed by atoms with van der Waals surface area (Å²) in [6.45, 7) is 0. The van der Waals surface area contributed by atoms with Gasteiger partial charge in [0, 0.05) is 39.3 Å². The first-order chi connectivity index (χ1) is 15.8. The maximum Gasteiger partial charge on any atom is 0.178 e. The molecule has 0 unspecified atom stereocenters. The van der Waals surface area contributed by atoms with Crippen molar-refractivity contribution in [2.24, 2.45) is 0 Å². The predicted octanol–water partition coefficient (Wildman–Crippen LogP) is 8.86. The summed E-state index contributed by atoms with van der Waals surface area (Å²) in [4.78, 5) is 2.24. The van der Waals surface area contributed by atoms with Crippen LogP contribution in [0.25, 0.3) is 10.8 Å². The summed E-state index contributed by atoms with van der Waals surface area (Å²) < 4.78 is 12.6. The largest absolute Gasteiger partial charge is 0.449 e. The quantitative estimate of drug-likeness (QED) is 0.277. The standard InChI is InChI=1S/C28H18ClNO2/c29-19-15-16-25-26(17-19)32-28-23-14-8-7-13-22(23)24(18-27(28)31-25)30(20-9-3-1-4-10-20)21-11-5-2-6-12-21/h1-18H. The molecule has 5 aromatic rings. The fourth-order valence-corrected chi connectivity index (χ4v) is 4.29. The Morgan fingerprint density at radius 3 is 1.84 bits per heavy atom. The number of para-hydroxylation sites is 2. The molecule has 0 saturated carbocycles. The predicted molar refractivity (Wildman–Crippen MR) is 130 cm³/mol. The van der Waals surface area contributed by atoms with Gasteiger partial charge in [0.1, 0.15) is 0 Å². The molecule has 0 spiro atoms. The maximum absolute atomic E-state index is 6.29. The van der Waals surface area contributed by atoms with E-state index in [0.717, 1.165) is 27.8 Å². The molecule has 5 aromatic carbocycles. The van der Waals surface area contributed by atoms with Crippen LogP contribution >= 0.6 is 11.6 Å². The normalized spacial score (nSPS) is 11.8. The Morgan fingerprint density at radius 1 is 0.531 bits per heavy atom. The minimum absolute atomic E-state index is 0.607. The van der Waals surface area contributed by atoms with Gasteiger partial charge in [-0.25, -0.2) is 0 Å². The first kappa shape index (κ1) is 18.8. The van der Waals surface area contributed by atoms with Crippen molar-refractivity contribution in [2.45, 2.75) is 0 Å². The molecule has 1 heterocycles. The van der Waals surface area contributed by atoms with Crippen molar-refractivity contribution in [3.05, 3.63) is 114 Å². The number of hydrogen-bond acceptors (Lipinski definition) is 3. The smallest absolute Gasteiger partial charge is 0.178 e. The van der Waals surface area contributed by atoms with E-state index in [0.29, 0.717) is 28.0 Å². The third-order valence-electron chi connectivity index (χ3n) is 5.55. The minimum atomic E-state index is 0.607. The van der Waals surface area contributed by atoms with Gasteiger partial charge >= 0.3 is 0 Å². The average Bonchev–Trinajstić information content (AvgIpc) is 2.85. The van der Waals surface area contributed by atoms with Gasteiger partial charge in [-0.15, -0.1) is 0 Å². The number of fused-ring (bicyclic) bond motifs is 4. The minimum Gasteiger partial charge on any atom is -0.449 e. The van der Waals surface area contributed by atoms with E-state index in [9.17, 15) is 0 Å². The first-order valence-corrected chi connectivity index (χ1v) is 10.8. The van der Waals surface area contributed by atoms with Gasteiger partial charge < -0.3 is 14.4 Å². The van der Waals surface area contributed by atoms with Crippen molar-refractivity contribution in [1.82, 2.24) is 0 Å². The highest BCUT2D eigenvalue weighted by molar-refractivity contribution is 6.30. The van der Waals surface area contributed by atoms with Crippen LogP contribution in [0.5, 0.6) is 23.0 Å². The van der Waals surface area contributed by atoms with E-state index in [1.807, 2.05) is 54.6 Å². The van der Waals surface area contributed by atoms with Crippen LogP contribution in [-0.4, -0.2) is 0 Å². The Labute approximate surface area is 191 Å². The molecule has 3 nitrogen and oxygen atoms in total. The lowest BCUT2D eigenvalue weighted by atomic mass is 10.0. The summed E-state index contributed by atoms with van der Waals surface area (Å²) in [5.74, 6) is 2.63. The van der Waals surface area contributed by atoms with Crippen molar-refractivity contribution in [2.75, 3.05) is 4.90 Å². The third-order valence-corrected chi connectivity index (χ3v) is 5.78.